The third kappa shape index (κ3) is 4.46. The summed E-state index contributed by atoms with van der Waals surface area (Å²) in [7, 11) is 0. The summed E-state index contributed by atoms with van der Waals surface area (Å²) >= 11 is 0. The fourth-order valence-corrected chi connectivity index (χ4v) is 2.79. The van der Waals surface area contributed by atoms with Crippen molar-refractivity contribution in [3.8, 4) is 5.75 Å². The van der Waals surface area contributed by atoms with Crippen LogP contribution in [0.5, 0.6) is 5.75 Å². The molecule has 0 aliphatic carbocycles. The van der Waals surface area contributed by atoms with Crippen molar-refractivity contribution in [2.75, 3.05) is 6.61 Å². The number of carbonyl (C=O) groups is 2. The first-order valence-corrected chi connectivity index (χ1v) is 8.56. The second-order valence-electron chi connectivity index (χ2n) is 6.53. The monoisotopic (exact) mass is 431 g/mol. The maximum absolute atomic E-state index is 14.0. The van der Waals surface area contributed by atoms with Crippen LogP contribution in [0.25, 0.3) is 11.0 Å². The zero-order valence-electron chi connectivity index (χ0n) is 15.5. The van der Waals surface area contributed by atoms with Gasteiger partial charge in [0.25, 0.3) is 0 Å². The molecule has 0 bridgehead atoms. The molecule has 1 amide bonds. The molecular weight excluding hydrogens is 412 g/mol. The van der Waals surface area contributed by atoms with Crippen LogP contribution >= 0.6 is 0 Å². The van der Waals surface area contributed by atoms with Gasteiger partial charge in [0.15, 0.2) is 17.1 Å². The van der Waals surface area contributed by atoms with Crippen LogP contribution in [0.15, 0.2) is 15.3 Å². The molecule has 4 atom stereocenters. The second-order valence-corrected chi connectivity index (χ2v) is 6.53. The number of aryl methyl sites for hydroxylation is 1. The average molecular weight is 431 g/mol. The number of carbonyl (C=O) groups excluding carboxylic acids is 2. The van der Waals surface area contributed by atoms with Crippen LogP contribution in [-0.4, -0.2) is 68.7 Å². The Balaban J connectivity index is 2.31. The van der Waals surface area contributed by atoms with E-state index in [4.69, 9.17) is 9.52 Å². The van der Waals surface area contributed by atoms with Crippen molar-refractivity contribution in [2.45, 2.75) is 37.7 Å². The zero-order chi connectivity index (χ0) is 22.7. The number of hydrogen-bond acceptors (Lipinski definition) is 9. The highest BCUT2D eigenvalue weighted by Gasteiger charge is 2.32. The molecule has 2 rings (SSSR count). The molecule has 164 valence electrons. The van der Waals surface area contributed by atoms with E-state index in [1.165, 1.54) is 6.92 Å². The Hall–Kier alpha value is -2.93. The van der Waals surface area contributed by atoms with Crippen LogP contribution < -0.4 is 10.9 Å². The summed E-state index contributed by atoms with van der Waals surface area (Å²) in [6.45, 7) is 0.364. The first-order valence-electron chi connectivity index (χ1n) is 8.56. The summed E-state index contributed by atoms with van der Waals surface area (Å²) in [5.41, 5.74) is -2.19. The molecule has 12 heteroatoms. The minimum atomic E-state index is -1.98. The fourth-order valence-electron chi connectivity index (χ4n) is 2.79. The summed E-state index contributed by atoms with van der Waals surface area (Å²) in [5.74, 6) is -5.12. The molecule has 30 heavy (non-hydrogen) atoms. The van der Waals surface area contributed by atoms with Gasteiger partial charge in [-0.1, -0.05) is 0 Å². The first-order chi connectivity index (χ1) is 14.0. The van der Waals surface area contributed by atoms with Gasteiger partial charge in [0.2, 0.25) is 11.7 Å². The molecule has 0 saturated carbocycles. The van der Waals surface area contributed by atoms with Crippen LogP contribution in [0.4, 0.5) is 8.78 Å². The molecule has 0 aliphatic heterocycles. The van der Waals surface area contributed by atoms with E-state index in [0.29, 0.717) is 0 Å². The normalized spacial score (nSPS) is 15.4. The van der Waals surface area contributed by atoms with E-state index in [1.54, 1.807) is 0 Å². The molecular formula is C18H19F2NO9. The van der Waals surface area contributed by atoms with E-state index < -0.39 is 71.9 Å². The van der Waals surface area contributed by atoms with Crippen LogP contribution in [0.3, 0.4) is 0 Å². The smallest absolute Gasteiger partial charge is 0.340 e. The molecule has 0 spiro atoms. The number of nitrogens with one attached hydrogen (secondary N) is 1. The predicted octanol–water partition coefficient (Wildman–Crippen LogP) is -1.61. The Morgan fingerprint density at radius 3 is 2.47 bits per heavy atom. The first kappa shape index (κ1) is 23.3. The van der Waals surface area contributed by atoms with Crippen LogP contribution in [0, 0.1) is 18.6 Å². The molecule has 0 radical (unpaired) electrons. The number of aromatic hydroxyl groups is 1. The zero-order valence-corrected chi connectivity index (χ0v) is 15.5. The van der Waals surface area contributed by atoms with Crippen LogP contribution in [0.1, 0.15) is 11.1 Å². The SMILES string of the molecule is Cc1c(CC(=O)N[C@@H](C=O)[C@H](O)[C@@H](O)[C@@H](O)CO)c(=O)oc2c(F)c(O)c(F)cc12. The van der Waals surface area contributed by atoms with E-state index >= 15 is 0 Å². The number of benzene rings is 1. The standard InChI is InChI=1S/C18H19F2NO9/c1-6-7-2-9(19)14(26)13(20)17(7)30-18(29)8(6)3-12(25)21-10(4-22)15(27)16(28)11(24)5-23/h2,4,10-11,15-16,23-24,26-28H,3,5H2,1H3,(H,21,25)/t10-,11-,15-,16-/m0/s1. The van der Waals surface area contributed by atoms with Crippen molar-refractivity contribution in [1.29, 1.82) is 0 Å². The molecule has 6 N–H and O–H groups in total. The average Bonchev–Trinajstić information content (AvgIpc) is 2.72. The Morgan fingerprint density at radius 2 is 1.90 bits per heavy atom. The number of phenolic OH excluding ortho intramolecular Hbond substituents is 1. The molecule has 0 fully saturated rings. The van der Waals surface area contributed by atoms with E-state index in [2.05, 4.69) is 0 Å². The van der Waals surface area contributed by atoms with Gasteiger partial charge in [0.1, 0.15) is 30.6 Å². The number of aliphatic hydroxyl groups is 4. The number of halogens is 2. The predicted molar refractivity (Wildman–Crippen MR) is 95.6 cm³/mol. The lowest BCUT2D eigenvalue weighted by Gasteiger charge is -2.26. The molecule has 0 unspecified atom stereocenters. The molecule has 1 aromatic carbocycles. The molecule has 1 aromatic heterocycles. The van der Waals surface area contributed by atoms with E-state index in [9.17, 15) is 43.6 Å². The number of phenols is 1. The van der Waals surface area contributed by atoms with Crippen LogP contribution in [0.2, 0.25) is 0 Å². The van der Waals surface area contributed by atoms with Gasteiger partial charge in [-0.25, -0.2) is 9.18 Å². The van der Waals surface area contributed by atoms with Gasteiger partial charge in [0, 0.05) is 5.39 Å². The fraction of sp³-hybridized carbons (Fsp3) is 0.389. The molecule has 0 saturated heterocycles. The molecule has 0 aliphatic rings. The van der Waals surface area contributed by atoms with Crippen molar-refractivity contribution in [1.82, 2.24) is 5.32 Å². The third-order valence-electron chi connectivity index (χ3n) is 4.56. The van der Waals surface area contributed by atoms with Crippen LogP contribution in [-0.2, 0) is 16.0 Å². The molecule has 10 nitrogen and oxygen atoms in total. The topological polar surface area (TPSA) is 178 Å². The van der Waals surface area contributed by atoms with Crippen molar-refractivity contribution in [3.05, 3.63) is 39.2 Å². The van der Waals surface area contributed by atoms with Crippen molar-refractivity contribution in [2.24, 2.45) is 0 Å². The Morgan fingerprint density at radius 1 is 1.27 bits per heavy atom. The number of rotatable bonds is 8. The lowest BCUT2D eigenvalue weighted by Crippen LogP contribution is -2.53. The van der Waals surface area contributed by atoms with E-state index in [-0.39, 0.29) is 22.8 Å². The summed E-state index contributed by atoms with van der Waals surface area (Å²) in [6.07, 6.45) is -6.37. The lowest BCUT2D eigenvalue weighted by molar-refractivity contribution is -0.130. The summed E-state index contributed by atoms with van der Waals surface area (Å²) in [5, 5.41) is 48.7. The van der Waals surface area contributed by atoms with Gasteiger partial charge >= 0.3 is 5.63 Å². The highest BCUT2D eigenvalue weighted by atomic mass is 19.1. The quantitative estimate of drug-likeness (QED) is 0.212. The summed E-state index contributed by atoms with van der Waals surface area (Å²) in [4.78, 5) is 35.5. The highest BCUT2D eigenvalue weighted by molar-refractivity contribution is 5.86. The van der Waals surface area contributed by atoms with Crippen molar-refractivity contribution >= 4 is 23.2 Å². The van der Waals surface area contributed by atoms with E-state index in [0.717, 1.165) is 6.07 Å². The van der Waals surface area contributed by atoms with Gasteiger partial charge in [0.05, 0.1) is 18.6 Å². The maximum atomic E-state index is 14.0. The van der Waals surface area contributed by atoms with Gasteiger partial charge in [-0.2, -0.15) is 4.39 Å². The highest BCUT2D eigenvalue weighted by Crippen LogP contribution is 2.30. The summed E-state index contributed by atoms with van der Waals surface area (Å²) in [6, 6.07) is -0.980. The number of amides is 1. The lowest BCUT2D eigenvalue weighted by atomic mass is 10.0. The van der Waals surface area contributed by atoms with Gasteiger partial charge in [-0.15, -0.1) is 0 Å². The Labute approximate surface area is 167 Å². The minimum Gasteiger partial charge on any atom is -0.503 e. The maximum Gasteiger partial charge on any atom is 0.340 e. The van der Waals surface area contributed by atoms with Crippen molar-refractivity contribution in [3.63, 3.8) is 0 Å². The molecule has 2 aromatic rings. The largest absolute Gasteiger partial charge is 0.503 e. The number of hydrogen-bond donors (Lipinski definition) is 6. The Kier molecular flexibility index (Phi) is 7.21. The second kappa shape index (κ2) is 9.26. The van der Waals surface area contributed by atoms with Gasteiger partial charge in [-0.05, 0) is 18.6 Å². The minimum absolute atomic E-state index is 0.0202. The van der Waals surface area contributed by atoms with Crippen molar-refractivity contribution < 1.29 is 48.3 Å². The van der Waals surface area contributed by atoms with Gasteiger partial charge in [-0.3, -0.25) is 4.79 Å². The number of aldehydes is 1. The Bertz CT molecular complexity index is 1020. The number of aliphatic hydroxyl groups excluding tert-OH is 4. The van der Waals surface area contributed by atoms with E-state index in [1.807, 2.05) is 5.32 Å². The third-order valence-corrected chi connectivity index (χ3v) is 4.56. The molecule has 1 heterocycles. The summed E-state index contributed by atoms with van der Waals surface area (Å²) < 4.78 is 32.4. The number of fused-ring (bicyclic) bond motifs is 1. The van der Waals surface area contributed by atoms with Gasteiger partial charge < -0.3 is 40.1 Å².